The van der Waals surface area contributed by atoms with Crippen molar-refractivity contribution in [2.45, 2.75) is 17.0 Å². The average Bonchev–Trinajstić information content (AvgIpc) is 2.67. The number of nitriles is 1. The summed E-state index contributed by atoms with van der Waals surface area (Å²) >= 11 is 1.03. The van der Waals surface area contributed by atoms with Crippen LogP contribution >= 0.6 is 11.8 Å². The molecular weight excluding hydrogens is 229 g/mol. The van der Waals surface area contributed by atoms with E-state index < -0.39 is 5.82 Å². The van der Waals surface area contributed by atoms with Crippen LogP contribution in [-0.2, 0) is 0 Å². The van der Waals surface area contributed by atoms with E-state index in [1.807, 2.05) is 6.07 Å². The van der Waals surface area contributed by atoms with Gasteiger partial charge in [0.1, 0.15) is 5.82 Å². The van der Waals surface area contributed by atoms with E-state index in [0.29, 0.717) is 10.8 Å². The first-order valence-electron chi connectivity index (χ1n) is 4.36. The van der Waals surface area contributed by atoms with Gasteiger partial charge in [-0.25, -0.2) is 4.39 Å². The summed E-state index contributed by atoms with van der Waals surface area (Å²) in [4.78, 5) is 0.350. The summed E-state index contributed by atoms with van der Waals surface area (Å²) in [6, 6.07) is 6.08. The molecule has 0 aliphatic heterocycles. The Morgan fingerprint density at radius 1 is 1.44 bits per heavy atom. The van der Waals surface area contributed by atoms with E-state index in [4.69, 9.17) is 9.68 Å². The predicted octanol–water partition coefficient (Wildman–Crippen LogP) is 2.54. The second-order valence-electron chi connectivity index (χ2n) is 2.95. The monoisotopic (exact) mass is 235 g/mol. The first kappa shape index (κ1) is 10.6. The fourth-order valence-corrected chi connectivity index (χ4v) is 1.79. The Kier molecular flexibility index (Phi) is 2.88. The molecule has 1 aromatic carbocycles. The van der Waals surface area contributed by atoms with Crippen molar-refractivity contribution < 1.29 is 8.81 Å². The van der Waals surface area contributed by atoms with Gasteiger partial charge in [0.25, 0.3) is 5.22 Å². The summed E-state index contributed by atoms with van der Waals surface area (Å²) in [5.41, 5.74) is 0.281. The lowest BCUT2D eigenvalue weighted by Crippen LogP contribution is -1.83. The third kappa shape index (κ3) is 2.20. The minimum atomic E-state index is -0.472. The lowest BCUT2D eigenvalue weighted by Gasteiger charge is -1.98. The predicted molar refractivity (Wildman–Crippen MR) is 54.3 cm³/mol. The van der Waals surface area contributed by atoms with E-state index in [-0.39, 0.29) is 10.8 Å². The van der Waals surface area contributed by atoms with Crippen LogP contribution in [-0.4, -0.2) is 10.2 Å². The Morgan fingerprint density at radius 3 is 2.81 bits per heavy atom. The smallest absolute Gasteiger partial charge is 0.281 e. The lowest BCUT2D eigenvalue weighted by atomic mass is 10.2. The van der Waals surface area contributed by atoms with E-state index in [9.17, 15) is 4.39 Å². The van der Waals surface area contributed by atoms with Gasteiger partial charge in [-0.1, -0.05) is 0 Å². The quantitative estimate of drug-likeness (QED) is 0.800. The van der Waals surface area contributed by atoms with E-state index in [2.05, 4.69) is 10.2 Å². The van der Waals surface area contributed by atoms with Crippen LogP contribution in [0.3, 0.4) is 0 Å². The summed E-state index contributed by atoms with van der Waals surface area (Å²) in [6.07, 6.45) is 0. The van der Waals surface area contributed by atoms with Crippen molar-refractivity contribution in [1.82, 2.24) is 10.2 Å². The molecule has 0 unspecified atom stereocenters. The summed E-state index contributed by atoms with van der Waals surface area (Å²) in [5.74, 6) is -0.0449. The van der Waals surface area contributed by atoms with Crippen molar-refractivity contribution in [2.75, 3.05) is 0 Å². The van der Waals surface area contributed by atoms with Crippen LogP contribution in [0, 0.1) is 24.1 Å². The maximum atomic E-state index is 13.5. The minimum Gasteiger partial charge on any atom is -0.416 e. The molecule has 0 aliphatic carbocycles. The van der Waals surface area contributed by atoms with Gasteiger partial charge in [-0.15, -0.1) is 10.2 Å². The second kappa shape index (κ2) is 4.33. The maximum absolute atomic E-state index is 13.5. The van der Waals surface area contributed by atoms with Crippen LogP contribution in [0.15, 0.2) is 32.7 Å². The number of halogens is 1. The third-order valence-corrected chi connectivity index (χ3v) is 2.66. The number of aromatic nitrogens is 2. The molecule has 2 aromatic rings. The van der Waals surface area contributed by atoms with Gasteiger partial charge in [0.2, 0.25) is 5.89 Å². The number of hydrogen-bond donors (Lipinski definition) is 0. The zero-order valence-corrected chi connectivity index (χ0v) is 9.08. The molecule has 0 spiro atoms. The van der Waals surface area contributed by atoms with E-state index in [1.165, 1.54) is 18.2 Å². The number of benzene rings is 1. The number of hydrogen-bond acceptors (Lipinski definition) is 5. The van der Waals surface area contributed by atoms with E-state index in [1.54, 1.807) is 6.92 Å². The number of aryl methyl sites for hydroxylation is 1. The fraction of sp³-hybridized carbons (Fsp3) is 0.100. The first-order valence-corrected chi connectivity index (χ1v) is 5.18. The van der Waals surface area contributed by atoms with Gasteiger partial charge in [-0.2, -0.15) is 5.26 Å². The average molecular weight is 235 g/mol. The van der Waals surface area contributed by atoms with Gasteiger partial charge in [0.05, 0.1) is 16.5 Å². The third-order valence-electron chi connectivity index (χ3n) is 1.77. The van der Waals surface area contributed by atoms with Gasteiger partial charge in [-0.3, -0.25) is 0 Å². The van der Waals surface area contributed by atoms with Crippen LogP contribution in [0.25, 0.3) is 0 Å². The molecule has 16 heavy (non-hydrogen) atoms. The van der Waals surface area contributed by atoms with Gasteiger partial charge in [0, 0.05) is 6.92 Å². The van der Waals surface area contributed by atoms with Crippen LogP contribution in [0.1, 0.15) is 11.5 Å². The largest absolute Gasteiger partial charge is 0.416 e. The highest BCUT2D eigenvalue weighted by atomic mass is 32.2. The standard InChI is InChI=1S/C10H6FN3OS/c1-6-13-14-10(15-6)16-9-3-2-7(5-12)4-8(9)11/h2-4H,1H3. The van der Waals surface area contributed by atoms with Crippen LogP contribution in [0.4, 0.5) is 4.39 Å². The van der Waals surface area contributed by atoms with E-state index >= 15 is 0 Å². The molecule has 0 amide bonds. The minimum absolute atomic E-state index is 0.279. The summed E-state index contributed by atoms with van der Waals surface area (Å²) in [7, 11) is 0. The summed E-state index contributed by atoms with van der Waals surface area (Å²) in [5, 5.41) is 16.2. The first-order chi connectivity index (χ1) is 7.69. The van der Waals surface area contributed by atoms with Crippen LogP contribution in [0.2, 0.25) is 0 Å². The molecule has 0 aliphatic rings. The molecule has 4 nitrogen and oxygen atoms in total. The fourth-order valence-electron chi connectivity index (χ4n) is 1.07. The molecule has 0 saturated heterocycles. The second-order valence-corrected chi connectivity index (χ2v) is 3.94. The zero-order chi connectivity index (χ0) is 11.5. The van der Waals surface area contributed by atoms with Gasteiger partial charge < -0.3 is 4.42 Å². The molecule has 0 atom stereocenters. The zero-order valence-electron chi connectivity index (χ0n) is 8.27. The highest BCUT2D eigenvalue weighted by Crippen LogP contribution is 2.28. The molecule has 80 valence electrons. The van der Waals surface area contributed by atoms with Gasteiger partial charge in [-0.05, 0) is 30.0 Å². The molecule has 1 aromatic heterocycles. The van der Waals surface area contributed by atoms with Crippen molar-refractivity contribution in [2.24, 2.45) is 0 Å². The normalized spacial score (nSPS) is 10.1. The van der Waals surface area contributed by atoms with Crippen molar-refractivity contribution in [3.05, 3.63) is 35.5 Å². The SMILES string of the molecule is Cc1nnc(Sc2ccc(C#N)cc2F)o1. The van der Waals surface area contributed by atoms with Crippen molar-refractivity contribution in [1.29, 1.82) is 5.26 Å². The van der Waals surface area contributed by atoms with Gasteiger partial charge in [0.15, 0.2) is 0 Å². The van der Waals surface area contributed by atoms with Crippen molar-refractivity contribution in [3.63, 3.8) is 0 Å². The molecule has 0 N–H and O–H groups in total. The maximum Gasteiger partial charge on any atom is 0.281 e. The van der Waals surface area contributed by atoms with Crippen molar-refractivity contribution in [3.8, 4) is 6.07 Å². The molecule has 0 fully saturated rings. The van der Waals surface area contributed by atoms with E-state index in [0.717, 1.165) is 11.8 Å². The molecular formula is C10H6FN3OS. The number of rotatable bonds is 2. The molecule has 2 rings (SSSR count). The Hall–Kier alpha value is -1.87. The Morgan fingerprint density at radius 2 is 2.25 bits per heavy atom. The number of nitrogens with zero attached hydrogens (tertiary/aromatic N) is 3. The highest BCUT2D eigenvalue weighted by molar-refractivity contribution is 7.99. The Balaban J connectivity index is 2.26. The highest BCUT2D eigenvalue weighted by Gasteiger charge is 2.09. The summed E-state index contributed by atoms with van der Waals surface area (Å²) < 4.78 is 18.6. The lowest BCUT2D eigenvalue weighted by molar-refractivity contribution is 0.429. The van der Waals surface area contributed by atoms with Crippen LogP contribution in [0.5, 0.6) is 0 Å². The summed E-state index contributed by atoms with van der Waals surface area (Å²) in [6.45, 7) is 1.66. The molecule has 6 heteroatoms. The molecule has 1 heterocycles. The van der Waals surface area contributed by atoms with Crippen molar-refractivity contribution >= 4 is 11.8 Å². The molecule has 0 bridgehead atoms. The molecule has 0 radical (unpaired) electrons. The topological polar surface area (TPSA) is 62.7 Å². The Labute approximate surface area is 95.1 Å². The van der Waals surface area contributed by atoms with Crippen LogP contribution < -0.4 is 0 Å². The van der Waals surface area contributed by atoms with Gasteiger partial charge >= 0.3 is 0 Å². The Bertz CT molecular complexity index is 561. The molecule has 0 saturated carbocycles.